The van der Waals surface area contributed by atoms with Gasteiger partial charge in [0.05, 0.1) is 0 Å². The Balaban J connectivity index is 0.000000205. The van der Waals surface area contributed by atoms with Gasteiger partial charge in [0.25, 0.3) is 0 Å². The molecule has 0 nitrogen and oxygen atoms in total. The van der Waals surface area contributed by atoms with E-state index < -0.39 is 0 Å². The number of hydrogen-bond donors (Lipinski definition) is 0. The Kier molecular flexibility index (Phi) is 12.0. The molecule has 0 atom stereocenters. The molecule has 1 heteroatoms. The predicted octanol–water partition coefficient (Wildman–Crippen LogP) is 4.22. The quantitative estimate of drug-likeness (QED) is 0.540. The Bertz CT molecular complexity index is 237. The summed E-state index contributed by atoms with van der Waals surface area (Å²) in [7, 11) is 0. The van der Waals surface area contributed by atoms with Gasteiger partial charge in [-0.15, -0.1) is 0 Å². The van der Waals surface area contributed by atoms with E-state index >= 15 is 0 Å². The Hall–Kier alpha value is -0.586. The van der Waals surface area contributed by atoms with Crippen LogP contribution in [0.3, 0.4) is 0 Å². The summed E-state index contributed by atoms with van der Waals surface area (Å²) in [5.41, 5.74) is 0. The van der Waals surface area contributed by atoms with E-state index in [0.717, 1.165) is 0 Å². The van der Waals surface area contributed by atoms with E-state index in [-0.39, 0.29) is 41.3 Å². The van der Waals surface area contributed by atoms with Gasteiger partial charge in [-0.05, 0) is 0 Å². The van der Waals surface area contributed by atoms with Gasteiger partial charge < -0.3 is 0 Å². The Morgan fingerprint density at radius 3 is 0.625 bits per heavy atom. The van der Waals surface area contributed by atoms with E-state index in [9.17, 15) is 0 Å². The number of hydrogen-bond acceptors (Lipinski definition) is 0. The first-order valence-corrected chi connectivity index (χ1v) is 5.00. The maximum absolute atomic E-state index is 2.00. The molecule has 1 radical (unpaired) electrons. The Morgan fingerprint density at radius 1 is 0.375 bits per heavy atom. The average molecular weight is 336 g/mol. The van der Waals surface area contributed by atoms with Crippen molar-refractivity contribution in [1.29, 1.82) is 0 Å². The van der Waals surface area contributed by atoms with Crippen LogP contribution in [0.4, 0.5) is 0 Å². The molecule has 0 fully saturated rings. The van der Waals surface area contributed by atoms with Gasteiger partial charge in [-0.1, -0.05) is 0 Å². The molecule has 3 rings (SSSR count). The van der Waals surface area contributed by atoms with Crippen LogP contribution in [0.5, 0.6) is 0 Å². The summed E-state index contributed by atoms with van der Waals surface area (Å²) in [6, 6.07) is 30.0. The smallest absolute Gasteiger partial charge is 0 e. The van der Waals surface area contributed by atoms with E-state index in [0.29, 0.717) is 0 Å². The molecule has 81 valence electrons. The average Bonchev–Trinajstić information content (AvgIpc) is 3.09. The molecule has 0 aromatic heterocycles. The van der Waals surface area contributed by atoms with Gasteiger partial charge in [0, 0.05) is 41.3 Å². The third-order valence-corrected chi connectivity index (χ3v) is 1.67. The summed E-state index contributed by atoms with van der Waals surface area (Å²) in [6.07, 6.45) is 0. The summed E-state index contributed by atoms with van der Waals surface area (Å²) in [5, 5.41) is 0. The van der Waals surface area contributed by atoms with E-state index in [1.807, 2.05) is 91.0 Å². The van der Waals surface area contributed by atoms with Crippen molar-refractivity contribution in [2.45, 2.75) is 0 Å². The van der Waals surface area contributed by atoms with Crippen molar-refractivity contribution in [2.24, 2.45) is 0 Å². The van der Waals surface area contributed by atoms with E-state index in [1.54, 1.807) is 0 Å². The maximum Gasteiger partial charge on any atom is 0 e. The van der Waals surface area contributed by atoms with E-state index in [2.05, 4.69) is 0 Å². The summed E-state index contributed by atoms with van der Waals surface area (Å²) < 4.78 is 0. The van der Waals surface area contributed by atoms with Crippen LogP contribution in [0, 0.1) is 41.3 Å². The second kappa shape index (κ2) is 12.5. The summed E-state index contributed by atoms with van der Waals surface area (Å²) in [4.78, 5) is 0. The largest absolute Gasteiger partial charge is 0.214 e. The van der Waals surface area contributed by atoms with Gasteiger partial charge in [0.15, 0.2) is 0 Å². The zero-order chi connectivity index (χ0) is 10.6. The molecule has 0 amide bonds. The van der Waals surface area contributed by atoms with Gasteiger partial charge >= 0.3 is 0 Å². The first kappa shape index (κ1) is 15.4. The van der Waals surface area contributed by atoms with Gasteiger partial charge in [0.2, 0.25) is 0 Å². The fourth-order valence-electron chi connectivity index (χ4n) is 0.962. The SMILES string of the molecule is [Pr].c1cc[cH-]c1.c1cc[cH-]c1.c1cc[cH-]c1. The van der Waals surface area contributed by atoms with Crippen LogP contribution in [0.15, 0.2) is 91.0 Å². The molecule has 0 N–H and O–H groups in total. The van der Waals surface area contributed by atoms with Crippen LogP contribution in [0.1, 0.15) is 0 Å². The normalized spacial score (nSPS) is 7.50. The first-order valence-electron chi connectivity index (χ1n) is 5.00. The number of rotatable bonds is 0. The maximum atomic E-state index is 2.00. The molecular formula is C15H15Pr-3. The minimum atomic E-state index is 0. The molecule has 0 heterocycles. The van der Waals surface area contributed by atoms with Crippen LogP contribution in [0.2, 0.25) is 0 Å². The molecule has 0 aliphatic heterocycles. The molecular weight excluding hydrogens is 321 g/mol. The van der Waals surface area contributed by atoms with Crippen molar-refractivity contribution in [1.82, 2.24) is 0 Å². The van der Waals surface area contributed by atoms with Gasteiger partial charge in [-0.3, -0.25) is 0 Å². The van der Waals surface area contributed by atoms with Crippen molar-refractivity contribution < 1.29 is 41.3 Å². The second-order valence-electron chi connectivity index (χ2n) is 2.89. The minimum Gasteiger partial charge on any atom is -0.214 e. The second-order valence-corrected chi connectivity index (χ2v) is 2.89. The third-order valence-electron chi connectivity index (χ3n) is 1.67. The zero-order valence-corrected chi connectivity index (χ0v) is 12.9. The van der Waals surface area contributed by atoms with Gasteiger partial charge in [-0.2, -0.15) is 54.6 Å². The predicted molar refractivity (Wildman–Crippen MR) is 66.1 cm³/mol. The topological polar surface area (TPSA) is 0 Å². The molecule has 0 aliphatic carbocycles. The van der Waals surface area contributed by atoms with Crippen LogP contribution in [-0.4, -0.2) is 0 Å². The first-order chi connectivity index (χ1) is 7.50. The fourth-order valence-corrected chi connectivity index (χ4v) is 0.962. The van der Waals surface area contributed by atoms with Crippen LogP contribution in [0.25, 0.3) is 0 Å². The van der Waals surface area contributed by atoms with Crippen molar-refractivity contribution in [3.63, 3.8) is 0 Å². The summed E-state index contributed by atoms with van der Waals surface area (Å²) in [6.45, 7) is 0. The van der Waals surface area contributed by atoms with Crippen molar-refractivity contribution in [3.8, 4) is 0 Å². The van der Waals surface area contributed by atoms with Crippen LogP contribution < -0.4 is 0 Å². The van der Waals surface area contributed by atoms with Crippen LogP contribution in [-0.2, 0) is 0 Å². The summed E-state index contributed by atoms with van der Waals surface area (Å²) in [5.74, 6) is 0. The molecule has 0 bridgehead atoms. The van der Waals surface area contributed by atoms with Crippen molar-refractivity contribution in [2.75, 3.05) is 0 Å². The fraction of sp³-hybridized carbons (Fsp3) is 0. The van der Waals surface area contributed by atoms with E-state index in [4.69, 9.17) is 0 Å². The molecule has 3 aromatic rings. The van der Waals surface area contributed by atoms with Gasteiger partial charge in [-0.25, -0.2) is 36.4 Å². The van der Waals surface area contributed by atoms with Crippen molar-refractivity contribution in [3.05, 3.63) is 91.0 Å². The van der Waals surface area contributed by atoms with Gasteiger partial charge in [0.1, 0.15) is 0 Å². The van der Waals surface area contributed by atoms with E-state index in [1.165, 1.54) is 0 Å². The molecule has 0 saturated heterocycles. The standard InChI is InChI=1S/3C5H5.Pr/c3*1-2-4-5-3-1;/h3*1-5H;/q3*-1;. The minimum absolute atomic E-state index is 0. The molecule has 0 aliphatic rings. The monoisotopic (exact) mass is 336 g/mol. The van der Waals surface area contributed by atoms with Crippen molar-refractivity contribution >= 4 is 0 Å². The summed E-state index contributed by atoms with van der Waals surface area (Å²) >= 11 is 0. The molecule has 3 aromatic carbocycles. The third kappa shape index (κ3) is 9.95. The zero-order valence-electron chi connectivity index (χ0n) is 9.24. The van der Waals surface area contributed by atoms with Crippen LogP contribution >= 0.6 is 0 Å². The molecule has 16 heavy (non-hydrogen) atoms. The molecule has 0 unspecified atom stereocenters. The molecule has 0 saturated carbocycles. The Labute approximate surface area is 131 Å². The molecule has 0 spiro atoms. The Morgan fingerprint density at radius 2 is 0.562 bits per heavy atom.